The Morgan fingerprint density at radius 2 is 2.36 bits per heavy atom. The highest BCUT2D eigenvalue weighted by molar-refractivity contribution is 9.11. The van der Waals surface area contributed by atoms with E-state index >= 15 is 0 Å². The van der Waals surface area contributed by atoms with E-state index in [0.29, 0.717) is 19.4 Å². The molecule has 5 heteroatoms. The van der Waals surface area contributed by atoms with E-state index in [1.54, 1.807) is 0 Å². The molecule has 1 saturated heterocycles. The normalized spacial score (nSPS) is 22.7. The van der Waals surface area contributed by atoms with Crippen LogP contribution in [0.4, 0.5) is 0 Å². The number of nitrogens with one attached hydrogen (secondary N) is 1. The molecule has 1 N–H and O–H groups in total. The molecule has 0 radical (unpaired) electrons. The number of hydrogen-bond acceptors (Lipinski definition) is 3. The maximum absolute atomic E-state index is 11.5. The average Bonchev–Trinajstić information content (AvgIpc) is 2.13. The second-order valence-electron chi connectivity index (χ2n) is 3.28. The predicted octanol–water partition coefficient (Wildman–Crippen LogP) is 0.632. The molecule has 0 aromatic heterocycles. The number of carbonyl (C=O) groups is 2. The lowest BCUT2D eigenvalue weighted by molar-refractivity contribution is -0.147. The van der Waals surface area contributed by atoms with Gasteiger partial charge in [0.1, 0.15) is 0 Å². The predicted molar refractivity (Wildman–Crippen MR) is 56.9 cm³/mol. The Labute approximate surface area is 91.5 Å². The van der Waals surface area contributed by atoms with E-state index in [4.69, 9.17) is 0 Å². The van der Waals surface area contributed by atoms with Crippen LogP contribution in [0.5, 0.6) is 0 Å². The van der Waals surface area contributed by atoms with E-state index in [-0.39, 0.29) is 17.9 Å². The van der Waals surface area contributed by atoms with Crippen molar-refractivity contribution in [3.05, 3.63) is 11.1 Å². The monoisotopic (exact) mass is 260 g/mol. The molecule has 0 aromatic carbocycles. The maximum atomic E-state index is 11.5. The van der Waals surface area contributed by atoms with Gasteiger partial charge in [0.2, 0.25) is 11.8 Å². The molecule has 0 spiro atoms. The van der Waals surface area contributed by atoms with Crippen molar-refractivity contribution in [2.75, 3.05) is 13.6 Å². The van der Waals surface area contributed by atoms with Crippen LogP contribution in [-0.2, 0) is 9.59 Å². The van der Waals surface area contributed by atoms with Crippen LogP contribution in [0, 0.1) is 0 Å². The van der Waals surface area contributed by atoms with Crippen LogP contribution in [0.1, 0.15) is 12.8 Å². The van der Waals surface area contributed by atoms with Crippen molar-refractivity contribution in [2.24, 2.45) is 0 Å². The van der Waals surface area contributed by atoms with Crippen molar-refractivity contribution in [3.63, 3.8) is 0 Å². The zero-order chi connectivity index (χ0) is 10.7. The molecular formula is C9H13BrN2O2. The molecule has 1 atom stereocenters. The smallest absolute Gasteiger partial charge is 0.246 e. The number of carbonyl (C=O) groups excluding carboxylic acids is 2. The fourth-order valence-corrected chi connectivity index (χ4v) is 1.50. The molecule has 0 bridgehead atoms. The van der Waals surface area contributed by atoms with Crippen molar-refractivity contribution in [3.8, 4) is 0 Å². The molecule has 0 saturated carbocycles. The van der Waals surface area contributed by atoms with Crippen molar-refractivity contribution < 1.29 is 9.59 Å². The first kappa shape index (κ1) is 11.4. The third-order valence-electron chi connectivity index (χ3n) is 2.19. The molecule has 1 aliphatic heterocycles. The summed E-state index contributed by atoms with van der Waals surface area (Å²) >= 11 is 3.20. The summed E-state index contributed by atoms with van der Waals surface area (Å²) in [5.41, 5.74) is 0. The van der Waals surface area contributed by atoms with Gasteiger partial charge in [-0.3, -0.25) is 14.5 Å². The Morgan fingerprint density at radius 1 is 1.71 bits per heavy atom. The summed E-state index contributed by atoms with van der Waals surface area (Å²) in [6.45, 7) is 4.20. The van der Waals surface area contributed by atoms with Gasteiger partial charge in [-0.15, -0.1) is 0 Å². The highest BCUT2D eigenvalue weighted by Crippen LogP contribution is 2.11. The minimum atomic E-state index is -0.257. The van der Waals surface area contributed by atoms with Crippen LogP contribution in [0.15, 0.2) is 11.1 Å². The lowest BCUT2D eigenvalue weighted by Gasteiger charge is -2.28. The third-order valence-corrected chi connectivity index (χ3v) is 2.47. The number of hydrogen-bond donors (Lipinski definition) is 1. The second-order valence-corrected chi connectivity index (χ2v) is 4.40. The highest BCUT2D eigenvalue weighted by atomic mass is 79.9. The van der Waals surface area contributed by atoms with Gasteiger partial charge < -0.3 is 5.32 Å². The van der Waals surface area contributed by atoms with Gasteiger partial charge in [-0.2, -0.15) is 0 Å². The van der Waals surface area contributed by atoms with E-state index in [9.17, 15) is 9.59 Å². The molecule has 0 aliphatic carbocycles. The van der Waals surface area contributed by atoms with E-state index < -0.39 is 0 Å². The Kier molecular flexibility index (Phi) is 3.83. The number of amides is 2. The topological polar surface area (TPSA) is 49.4 Å². The molecular weight excluding hydrogens is 248 g/mol. The number of imide groups is 1. The standard InChI is InChI=1S/C9H13BrN2O2/c1-6(10)5-11-7-3-4-8(13)12(2)9(7)14/h7,11H,1,3-5H2,2H3. The molecule has 1 heterocycles. The number of halogens is 1. The number of likely N-dealkylation sites (N-methyl/N-ethyl adjacent to an activating group) is 1. The van der Waals surface area contributed by atoms with E-state index in [1.807, 2.05) is 0 Å². The zero-order valence-corrected chi connectivity index (χ0v) is 9.63. The fourth-order valence-electron chi connectivity index (χ4n) is 1.34. The first-order valence-electron chi connectivity index (χ1n) is 4.39. The fraction of sp³-hybridized carbons (Fsp3) is 0.556. The van der Waals surface area contributed by atoms with Crippen molar-refractivity contribution in [2.45, 2.75) is 18.9 Å². The summed E-state index contributed by atoms with van der Waals surface area (Å²) in [5.74, 6) is -0.263. The van der Waals surface area contributed by atoms with Gasteiger partial charge in [0.05, 0.1) is 6.04 Å². The van der Waals surface area contributed by atoms with Crippen LogP contribution in [0.25, 0.3) is 0 Å². The zero-order valence-electron chi connectivity index (χ0n) is 8.05. The number of rotatable bonds is 3. The number of likely N-dealkylation sites (tertiary alicyclic amines) is 1. The number of nitrogens with zero attached hydrogens (tertiary/aromatic N) is 1. The van der Waals surface area contributed by atoms with Gasteiger partial charge in [-0.05, 0) is 6.42 Å². The molecule has 1 rings (SSSR count). The summed E-state index contributed by atoms with van der Waals surface area (Å²) in [6, 6.07) is -0.257. The first-order chi connectivity index (χ1) is 6.52. The minimum absolute atomic E-state index is 0.106. The quantitative estimate of drug-likeness (QED) is 0.758. The summed E-state index contributed by atoms with van der Waals surface area (Å²) in [6.07, 6.45) is 0.997. The summed E-state index contributed by atoms with van der Waals surface area (Å²) in [7, 11) is 1.52. The van der Waals surface area contributed by atoms with E-state index in [0.717, 1.165) is 4.48 Å². The van der Waals surface area contributed by atoms with Gasteiger partial charge in [0.15, 0.2) is 0 Å². The Morgan fingerprint density at radius 3 is 2.93 bits per heavy atom. The molecule has 4 nitrogen and oxygen atoms in total. The van der Waals surface area contributed by atoms with Crippen LogP contribution < -0.4 is 5.32 Å². The van der Waals surface area contributed by atoms with Gasteiger partial charge >= 0.3 is 0 Å². The largest absolute Gasteiger partial charge is 0.301 e. The van der Waals surface area contributed by atoms with Crippen LogP contribution in [0.2, 0.25) is 0 Å². The van der Waals surface area contributed by atoms with Crippen molar-refractivity contribution in [1.29, 1.82) is 0 Å². The molecule has 1 unspecified atom stereocenters. The van der Waals surface area contributed by atoms with Gasteiger partial charge in [0.25, 0.3) is 0 Å². The maximum Gasteiger partial charge on any atom is 0.246 e. The molecule has 1 fully saturated rings. The molecule has 2 amide bonds. The van der Waals surface area contributed by atoms with Crippen molar-refractivity contribution >= 4 is 27.7 Å². The Hall–Kier alpha value is -0.680. The number of piperidine rings is 1. The molecule has 0 aromatic rings. The molecule has 78 valence electrons. The van der Waals surface area contributed by atoms with Crippen LogP contribution in [-0.4, -0.2) is 36.3 Å². The lowest BCUT2D eigenvalue weighted by Crippen LogP contribution is -2.51. The van der Waals surface area contributed by atoms with Gasteiger partial charge in [0, 0.05) is 24.5 Å². The van der Waals surface area contributed by atoms with Gasteiger partial charge in [-0.1, -0.05) is 22.5 Å². The SMILES string of the molecule is C=C(Br)CNC1CCC(=O)N(C)C1=O. The molecule has 14 heavy (non-hydrogen) atoms. The first-order valence-corrected chi connectivity index (χ1v) is 5.18. The summed E-state index contributed by atoms with van der Waals surface area (Å²) in [5, 5.41) is 3.03. The van der Waals surface area contributed by atoms with Crippen LogP contribution in [0.3, 0.4) is 0 Å². The molecule has 1 aliphatic rings. The highest BCUT2D eigenvalue weighted by Gasteiger charge is 2.30. The van der Waals surface area contributed by atoms with Crippen LogP contribution >= 0.6 is 15.9 Å². The van der Waals surface area contributed by atoms with E-state index in [1.165, 1.54) is 11.9 Å². The van der Waals surface area contributed by atoms with Crippen molar-refractivity contribution in [1.82, 2.24) is 10.2 Å². The Balaban J connectivity index is 2.51. The average molecular weight is 261 g/mol. The summed E-state index contributed by atoms with van der Waals surface area (Å²) in [4.78, 5) is 23.9. The lowest BCUT2D eigenvalue weighted by atomic mass is 10.0. The summed E-state index contributed by atoms with van der Waals surface area (Å²) < 4.78 is 0.796. The third kappa shape index (κ3) is 2.65. The second kappa shape index (κ2) is 4.70. The van der Waals surface area contributed by atoms with E-state index in [2.05, 4.69) is 27.8 Å². The van der Waals surface area contributed by atoms with Gasteiger partial charge in [-0.25, -0.2) is 0 Å². The minimum Gasteiger partial charge on any atom is -0.301 e. The Bertz CT molecular complexity index is 278.